The van der Waals surface area contributed by atoms with Crippen LogP contribution in [-0.4, -0.2) is 48.4 Å². The van der Waals surface area contributed by atoms with Gasteiger partial charge in [-0.3, -0.25) is 9.48 Å². The van der Waals surface area contributed by atoms with Crippen molar-refractivity contribution in [2.45, 2.75) is 32.7 Å². The number of hydrogen-bond acceptors (Lipinski definition) is 4. The molecule has 0 N–H and O–H groups in total. The van der Waals surface area contributed by atoms with E-state index in [9.17, 15) is 4.79 Å². The number of amides is 1. The van der Waals surface area contributed by atoms with Gasteiger partial charge >= 0.3 is 0 Å². The molecule has 7 heteroatoms. The maximum absolute atomic E-state index is 12.9. The van der Waals surface area contributed by atoms with Crippen LogP contribution in [0.1, 0.15) is 33.4 Å². The van der Waals surface area contributed by atoms with Crippen molar-refractivity contribution in [1.29, 1.82) is 0 Å². The quantitative estimate of drug-likeness (QED) is 0.708. The third kappa shape index (κ3) is 3.63. The molecule has 0 radical (unpaired) electrons. The average Bonchev–Trinajstić information content (AvgIpc) is 3.14. The number of rotatable bonds is 4. The van der Waals surface area contributed by atoms with Crippen molar-refractivity contribution < 1.29 is 4.79 Å². The molecule has 1 aliphatic heterocycles. The van der Waals surface area contributed by atoms with Crippen molar-refractivity contribution in [3.63, 3.8) is 0 Å². The lowest BCUT2D eigenvalue weighted by Crippen LogP contribution is -2.35. The summed E-state index contributed by atoms with van der Waals surface area (Å²) in [6, 6.07) is 12.3. The van der Waals surface area contributed by atoms with Crippen molar-refractivity contribution in [2.75, 3.05) is 13.1 Å². The lowest BCUT2D eigenvalue weighted by molar-refractivity contribution is 0.0747. The Balaban J connectivity index is 1.45. The van der Waals surface area contributed by atoms with Gasteiger partial charge in [-0.1, -0.05) is 30.3 Å². The van der Waals surface area contributed by atoms with Crippen molar-refractivity contribution in [3.8, 4) is 0 Å². The first-order valence-corrected chi connectivity index (χ1v) is 9.36. The van der Waals surface area contributed by atoms with Crippen LogP contribution in [0.2, 0.25) is 0 Å². The van der Waals surface area contributed by atoms with Gasteiger partial charge in [0.05, 0.1) is 5.69 Å². The minimum atomic E-state index is 0.0302. The number of carbonyl (C=O) groups excluding carboxylic acids is 1. The SMILES string of the molecule is Cc1cc(C(=O)N2CCc3nnc(CCc4ccccc4)n3CC2)n(C)n1. The van der Waals surface area contributed by atoms with E-state index in [-0.39, 0.29) is 5.91 Å². The molecule has 4 rings (SSSR count). The Kier molecular flexibility index (Phi) is 4.75. The smallest absolute Gasteiger partial charge is 0.272 e. The first kappa shape index (κ1) is 17.5. The monoisotopic (exact) mass is 364 g/mol. The van der Waals surface area contributed by atoms with Crippen LogP contribution in [-0.2, 0) is 32.9 Å². The van der Waals surface area contributed by atoms with Gasteiger partial charge in [-0.05, 0) is 25.0 Å². The summed E-state index contributed by atoms with van der Waals surface area (Å²) in [4.78, 5) is 14.8. The molecule has 1 aliphatic rings. The Hall–Kier alpha value is -2.96. The molecule has 3 heterocycles. The van der Waals surface area contributed by atoms with Crippen LogP contribution < -0.4 is 0 Å². The fourth-order valence-corrected chi connectivity index (χ4v) is 3.64. The van der Waals surface area contributed by atoms with E-state index in [0.29, 0.717) is 18.8 Å². The van der Waals surface area contributed by atoms with E-state index in [1.165, 1.54) is 5.56 Å². The zero-order chi connectivity index (χ0) is 18.8. The fraction of sp³-hybridized carbons (Fsp3) is 0.400. The van der Waals surface area contributed by atoms with Crippen molar-refractivity contribution in [2.24, 2.45) is 7.05 Å². The van der Waals surface area contributed by atoms with Crippen LogP contribution in [0.4, 0.5) is 0 Å². The predicted molar refractivity (Wildman–Crippen MR) is 101 cm³/mol. The summed E-state index contributed by atoms with van der Waals surface area (Å²) < 4.78 is 3.85. The Labute approximate surface area is 158 Å². The Morgan fingerprint density at radius 2 is 1.89 bits per heavy atom. The number of aromatic nitrogens is 5. The number of aryl methyl sites for hydroxylation is 4. The third-order valence-corrected chi connectivity index (χ3v) is 5.09. The number of benzene rings is 1. The highest BCUT2D eigenvalue weighted by Gasteiger charge is 2.24. The second-order valence-electron chi connectivity index (χ2n) is 7.01. The van der Waals surface area contributed by atoms with E-state index in [1.54, 1.807) is 4.68 Å². The molecular weight excluding hydrogens is 340 g/mol. The molecule has 0 bridgehead atoms. The van der Waals surface area contributed by atoms with Gasteiger partial charge in [-0.25, -0.2) is 0 Å². The predicted octanol–water partition coefficient (Wildman–Crippen LogP) is 1.80. The molecule has 0 spiro atoms. The summed E-state index contributed by atoms with van der Waals surface area (Å²) in [5.74, 6) is 2.00. The highest BCUT2D eigenvalue weighted by Crippen LogP contribution is 2.14. The normalized spacial score (nSPS) is 14.1. The average molecular weight is 364 g/mol. The van der Waals surface area contributed by atoms with Crippen LogP contribution >= 0.6 is 0 Å². The Morgan fingerprint density at radius 1 is 1.07 bits per heavy atom. The lowest BCUT2D eigenvalue weighted by Gasteiger charge is -2.20. The summed E-state index contributed by atoms with van der Waals surface area (Å²) in [6.07, 6.45) is 2.52. The Bertz CT molecular complexity index is 943. The highest BCUT2D eigenvalue weighted by atomic mass is 16.2. The van der Waals surface area contributed by atoms with Gasteiger partial charge < -0.3 is 9.47 Å². The number of nitrogens with zero attached hydrogens (tertiary/aromatic N) is 6. The highest BCUT2D eigenvalue weighted by molar-refractivity contribution is 5.92. The molecule has 0 saturated carbocycles. The van der Waals surface area contributed by atoms with Gasteiger partial charge in [0.1, 0.15) is 17.3 Å². The molecule has 0 atom stereocenters. The number of hydrogen-bond donors (Lipinski definition) is 0. The van der Waals surface area contributed by atoms with Crippen LogP contribution in [0, 0.1) is 6.92 Å². The summed E-state index contributed by atoms with van der Waals surface area (Å²) in [6.45, 7) is 3.95. The van der Waals surface area contributed by atoms with Crippen LogP contribution in [0.25, 0.3) is 0 Å². The Morgan fingerprint density at radius 3 is 2.63 bits per heavy atom. The summed E-state index contributed by atoms with van der Waals surface area (Å²) in [5, 5.41) is 13.1. The van der Waals surface area contributed by atoms with Gasteiger partial charge in [0.2, 0.25) is 0 Å². The first-order valence-electron chi connectivity index (χ1n) is 9.36. The van der Waals surface area contributed by atoms with Gasteiger partial charge in [0.25, 0.3) is 5.91 Å². The summed E-state index contributed by atoms with van der Waals surface area (Å²) in [5.41, 5.74) is 2.79. The molecule has 2 aromatic heterocycles. The van der Waals surface area contributed by atoms with E-state index < -0.39 is 0 Å². The first-order chi connectivity index (χ1) is 13.1. The zero-order valence-electron chi connectivity index (χ0n) is 15.8. The topological polar surface area (TPSA) is 68.8 Å². The van der Waals surface area contributed by atoms with Gasteiger partial charge in [0, 0.05) is 39.5 Å². The number of carbonyl (C=O) groups is 1. The van der Waals surface area contributed by atoms with Gasteiger partial charge in [0.15, 0.2) is 0 Å². The van der Waals surface area contributed by atoms with Gasteiger partial charge in [-0.15, -0.1) is 10.2 Å². The molecule has 140 valence electrons. The molecule has 7 nitrogen and oxygen atoms in total. The fourth-order valence-electron chi connectivity index (χ4n) is 3.64. The summed E-state index contributed by atoms with van der Waals surface area (Å²) >= 11 is 0. The third-order valence-electron chi connectivity index (χ3n) is 5.09. The molecule has 0 fully saturated rings. The molecule has 0 aliphatic carbocycles. The van der Waals surface area contributed by atoms with E-state index in [1.807, 2.05) is 31.0 Å². The van der Waals surface area contributed by atoms with Crippen LogP contribution in [0.3, 0.4) is 0 Å². The molecule has 0 unspecified atom stereocenters. The van der Waals surface area contributed by atoms with Crippen LogP contribution in [0.5, 0.6) is 0 Å². The maximum Gasteiger partial charge on any atom is 0.272 e. The van der Waals surface area contributed by atoms with E-state index in [4.69, 9.17) is 0 Å². The van der Waals surface area contributed by atoms with E-state index in [0.717, 1.165) is 43.1 Å². The van der Waals surface area contributed by atoms with Crippen molar-refractivity contribution in [3.05, 3.63) is 65.0 Å². The van der Waals surface area contributed by atoms with E-state index in [2.05, 4.69) is 44.1 Å². The minimum Gasteiger partial charge on any atom is -0.335 e. The molecule has 1 amide bonds. The molecule has 0 saturated heterocycles. The largest absolute Gasteiger partial charge is 0.335 e. The summed E-state index contributed by atoms with van der Waals surface area (Å²) in [7, 11) is 1.81. The van der Waals surface area contributed by atoms with Gasteiger partial charge in [-0.2, -0.15) is 5.10 Å². The second-order valence-corrected chi connectivity index (χ2v) is 7.01. The second kappa shape index (κ2) is 7.34. The molecule has 27 heavy (non-hydrogen) atoms. The zero-order valence-corrected chi connectivity index (χ0v) is 15.8. The molecular formula is C20H24N6O. The molecule has 3 aromatic rings. The van der Waals surface area contributed by atoms with Crippen LogP contribution in [0.15, 0.2) is 36.4 Å². The number of fused-ring (bicyclic) bond motifs is 1. The maximum atomic E-state index is 12.9. The molecule has 1 aromatic carbocycles. The van der Waals surface area contributed by atoms with Crippen molar-refractivity contribution in [1.82, 2.24) is 29.4 Å². The standard InChI is InChI=1S/C20H24N6O/c1-15-14-17(24(2)23-15)20(27)25-11-10-19-22-21-18(26(19)13-12-25)9-8-16-6-4-3-5-7-16/h3-7,14H,8-13H2,1-2H3. The van der Waals surface area contributed by atoms with Crippen molar-refractivity contribution >= 4 is 5.91 Å². The minimum absolute atomic E-state index is 0.0302. The lowest BCUT2D eigenvalue weighted by atomic mass is 10.1. The van der Waals surface area contributed by atoms with E-state index >= 15 is 0 Å².